The molecule has 0 aliphatic rings. The van der Waals surface area contributed by atoms with Crippen molar-refractivity contribution in [3.63, 3.8) is 0 Å². The number of hydrogen-bond donors (Lipinski definition) is 0. The molecule has 3 nitrogen and oxygen atoms in total. The summed E-state index contributed by atoms with van der Waals surface area (Å²) in [7, 11) is 0. The van der Waals surface area contributed by atoms with Gasteiger partial charge in [0.25, 0.3) is 0 Å². The first-order chi connectivity index (χ1) is 8.86. The molecule has 3 aromatic rings. The summed E-state index contributed by atoms with van der Waals surface area (Å²) in [5.41, 5.74) is 2.11. The van der Waals surface area contributed by atoms with Crippen LogP contribution in [0.1, 0.15) is 0 Å². The van der Waals surface area contributed by atoms with Gasteiger partial charge >= 0.3 is 0 Å². The Morgan fingerprint density at radius 2 is 1.72 bits per heavy atom. The Hall–Kier alpha value is -1.94. The topological polar surface area (TPSA) is 30.7 Å². The minimum atomic E-state index is 0.807. The average Bonchev–Trinajstić information content (AvgIpc) is 2.83. The molecule has 0 N–H and O–H groups in total. The molecular weight excluding hydrogens is 290 g/mol. The van der Waals surface area contributed by atoms with Crippen LogP contribution in [0.3, 0.4) is 0 Å². The molecule has 2 heterocycles. The van der Waals surface area contributed by atoms with Crippen LogP contribution >= 0.6 is 15.9 Å². The third-order valence-corrected chi connectivity index (χ3v) is 3.22. The van der Waals surface area contributed by atoms with Crippen molar-refractivity contribution in [3.05, 3.63) is 65.4 Å². The Morgan fingerprint density at radius 1 is 0.944 bits per heavy atom. The van der Waals surface area contributed by atoms with Gasteiger partial charge < -0.3 is 0 Å². The Morgan fingerprint density at radius 3 is 2.44 bits per heavy atom. The Labute approximate surface area is 113 Å². The molecule has 2 aromatic heterocycles. The van der Waals surface area contributed by atoms with Crippen molar-refractivity contribution in [2.45, 2.75) is 0 Å². The highest BCUT2D eigenvalue weighted by atomic mass is 79.9. The molecule has 0 aliphatic heterocycles. The lowest BCUT2D eigenvalue weighted by atomic mass is 10.1. The molecule has 0 bridgehead atoms. The summed E-state index contributed by atoms with van der Waals surface area (Å²) in [4.78, 5) is 4.33. The second kappa shape index (κ2) is 4.74. The Kier molecular flexibility index (Phi) is 2.94. The van der Waals surface area contributed by atoms with Crippen molar-refractivity contribution in [2.75, 3.05) is 0 Å². The summed E-state index contributed by atoms with van der Waals surface area (Å²) >= 11 is 3.54. The molecule has 0 radical (unpaired) electrons. The molecule has 0 fully saturated rings. The predicted octanol–water partition coefficient (Wildman–Crippen LogP) is 3.70. The van der Waals surface area contributed by atoms with Crippen LogP contribution in [0, 0.1) is 0 Å². The quantitative estimate of drug-likeness (QED) is 0.722. The van der Waals surface area contributed by atoms with E-state index in [-0.39, 0.29) is 0 Å². The molecule has 88 valence electrons. The highest BCUT2D eigenvalue weighted by molar-refractivity contribution is 9.10. The molecule has 0 spiro atoms. The van der Waals surface area contributed by atoms with Crippen molar-refractivity contribution < 1.29 is 0 Å². The number of pyridine rings is 1. The van der Waals surface area contributed by atoms with E-state index in [4.69, 9.17) is 0 Å². The van der Waals surface area contributed by atoms with E-state index in [0.717, 1.165) is 21.5 Å². The van der Waals surface area contributed by atoms with Crippen LogP contribution < -0.4 is 0 Å². The molecule has 0 saturated heterocycles. The van der Waals surface area contributed by atoms with E-state index in [1.165, 1.54) is 0 Å². The molecule has 3 rings (SSSR count). The first-order valence-corrected chi connectivity index (χ1v) is 6.36. The summed E-state index contributed by atoms with van der Waals surface area (Å²) in [6.07, 6.45) is 3.55. The van der Waals surface area contributed by atoms with Gasteiger partial charge in [-0.1, -0.05) is 36.4 Å². The first-order valence-electron chi connectivity index (χ1n) is 5.56. The average molecular weight is 300 g/mol. The molecule has 0 saturated carbocycles. The highest BCUT2D eigenvalue weighted by Crippen LogP contribution is 2.29. The van der Waals surface area contributed by atoms with Gasteiger partial charge in [-0.15, -0.1) is 0 Å². The summed E-state index contributed by atoms with van der Waals surface area (Å²) < 4.78 is 2.79. The Balaban J connectivity index is 2.19. The first kappa shape index (κ1) is 11.2. The number of halogens is 1. The number of rotatable bonds is 2. The smallest absolute Gasteiger partial charge is 0.154 e. The third kappa shape index (κ3) is 1.95. The fourth-order valence-corrected chi connectivity index (χ4v) is 2.33. The molecular formula is C14H10BrN3. The standard InChI is InChI=1S/C14H10BrN3/c15-12-10-17-18(13-8-4-5-9-16-13)14(12)11-6-2-1-3-7-11/h1-10H. The lowest BCUT2D eigenvalue weighted by Gasteiger charge is -2.07. The van der Waals surface area contributed by atoms with Crippen molar-refractivity contribution >= 4 is 15.9 Å². The molecule has 0 amide bonds. The summed E-state index contributed by atoms with van der Waals surface area (Å²) in [6, 6.07) is 15.9. The van der Waals surface area contributed by atoms with Gasteiger partial charge in [0.05, 0.1) is 16.4 Å². The number of benzene rings is 1. The molecule has 0 aliphatic carbocycles. The van der Waals surface area contributed by atoms with Crippen molar-refractivity contribution in [1.29, 1.82) is 0 Å². The van der Waals surface area contributed by atoms with Gasteiger partial charge in [0.1, 0.15) is 0 Å². The van der Waals surface area contributed by atoms with E-state index in [2.05, 4.69) is 38.1 Å². The van der Waals surface area contributed by atoms with Crippen LogP contribution in [-0.4, -0.2) is 14.8 Å². The van der Waals surface area contributed by atoms with E-state index in [0.29, 0.717) is 0 Å². The van der Waals surface area contributed by atoms with Crippen LogP contribution in [0.5, 0.6) is 0 Å². The van der Waals surface area contributed by atoms with Crippen molar-refractivity contribution in [3.8, 4) is 17.1 Å². The summed E-state index contributed by atoms with van der Waals surface area (Å²) in [5.74, 6) is 0.807. The minimum absolute atomic E-state index is 0.807. The van der Waals surface area contributed by atoms with Crippen molar-refractivity contribution in [2.24, 2.45) is 0 Å². The molecule has 1 aromatic carbocycles. The lowest BCUT2D eigenvalue weighted by molar-refractivity contribution is 0.854. The van der Waals surface area contributed by atoms with E-state index in [1.54, 1.807) is 12.4 Å². The number of hydrogen-bond acceptors (Lipinski definition) is 2. The Bertz CT molecular complexity index is 647. The van der Waals surface area contributed by atoms with Gasteiger partial charge in [0.2, 0.25) is 0 Å². The van der Waals surface area contributed by atoms with E-state index < -0.39 is 0 Å². The fourth-order valence-electron chi connectivity index (χ4n) is 1.84. The van der Waals surface area contributed by atoms with E-state index >= 15 is 0 Å². The molecule has 0 unspecified atom stereocenters. The fraction of sp³-hybridized carbons (Fsp3) is 0. The second-order valence-corrected chi connectivity index (χ2v) is 4.66. The van der Waals surface area contributed by atoms with Gasteiger partial charge in [0, 0.05) is 11.8 Å². The van der Waals surface area contributed by atoms with Crippen LogP contribution in [0.2, 0.25) is 0 Å². The normalized spacial score (nSPS) is 10.5. The molecule has 4 heteroatoms. The highest BCUT2D eigenvalue weighted by Gasteiger charge is 2.12. The van der Waals surface area contributed by atoms with Crippen molar-refractivity contribution in [1.82, 2.24) is 14.8 Å². The predicted molar refractivity (Wildman–Crippen MR) is 74.5 cm³/mol. The van der Waals surface area contributed by atoms with Crippen LogP contribution in [0.15, 0.2) is 65.4 Å². The SMILES string of the molecule is Brc1cnn(-c2ccccn2)c1-c1ccccc1. The van der Waals surface area contributed by atoms with Crippen LogP contribution in [0.25, 0.3) is 17.1 Å². The largest absolute Gasteiger partial charge is 0.237 e. The third-order valence-electron chi connectivity index (χ3n) is 2.64. The maximum atomic E-state index is 4.37. The second-order valence-electron chi connectivity index (χ2n) is 3.81. The monoisotopic (exact) mass is 299 g/mol. The maximum Gasteiger partial charge on any atom is 0.154 e. The zero-order valence-electron chi connectivity index (χ0n) is 9.49. The van der Waals surface area contributed by atoms with E-state index in [9.17, 15) is 0 Å². The number of nitrogens with zero attached hydrogens (tertiary/aromatic N) is 3. The van der Waals surface area contributed by atoms with Gasteiger partial charge in [0.15, 0.2) is 5.82 Å². The van der Waals surface area contributed by atoms with Crippen LogP contribution in [-0.2, 0) is 0 Å². The minimum Gasteiger partial charge on any atom is -0.237 e. The zero-order valence-corrected chi connectivity index (χ0v) is 11.1. The maximum absolute atomic E-state index is 4.37. The van der Waals surface area contributed by atoms with Gasteiger partial charge in [-0.05, 0) is 28.1 Å². The summed E-state index contributed by atoms with van der Waals surface area (Å²) in [5, 5.41) is 4.37. The van der Waals surface area contributed by atoms with Gasteiger partial charge in [-0.3, -0.25) is 0 Å². The molecule has 18 heavy (non-hydrogen) atoms. The lowest BCUT2D eigenvalue weighted by Crippen LogP contribution is -2.00. The zero-order chi connectivity index (χ0) is 12.4. The molecule has 0 atom stereocenters. The van der Waals surface area contributed by atoms with Crippen LogP contribution in [0.4, 0.5) is 0 Å². The number of aromatic nitrogens is 3. The van der Waals surface area contributed by atoms with Gasteiger partial charge in [-0.2, -0.15) is 5.10 Å². The summed E-state index contributed by atoms with van der Waals surface area (Å²) in [6.45, 7) is 0. The van der Waals surface area contributed by atoms with E-state index in [1.807, 2.05) is 41.1 Å². The van der Waals surface area contributed by atoms with Gasteiger partial charge in [-0.25, -0.2) is 9.67 Å².